The molecule has 1 aromatic carbocycles. The molecule has 0 saturated carbocycles. The number of likely N-dealkylation sites (N-methyl/N-ethyl adjacent to an activating group) is 1. The summed E-state index contributed by atoms with van der Waals surface area (Å²) in [7, 11) is 1.37. The maximum Gasteiger partial charge on any atom is 0.269 e. The number of hydrogen-bond acceptors (Lipinski definition) is 5. The SMILES string of the molecule is CNC(=O)/C(C#N)=C/c1c(Oc2ccc(F)cc2)nc2ccccn2c1=O. The molecule has 134 valence electrons. The van der Waals surface area contributed by atoms with E-state index in [1.54, 1.807) is 24.3 Å². The zero-order valence-corrected chi connectivity index (χ0v) is 14.1. The van der Waals surface area contributed by atoms with Crippen molar-refractivity contribution in [3.05, 3.63) is 76.0 Å². The van der Waals surface area contributed by atoms with Gasteiger partial charge in [0.15, 0.2) is 0 Å². The first-order valence-electron chi connectivity index (χ1n) is 7.82. The molecular weight excluding hydrogens is 351 g/mol. The summed E-state index contributed by atoms with van der Waals surface area (Å²) in [6, 6.07) is 11.8. The number of carbonyl (C=O) groups is 1. The Morgan fingerprint density at radius 1 is 1.30 bits per heavy atom. The van der Waals surface area contributed by atoms with Crippen molar-refractivity contribution in [2.24, 2.45) is 0 Å². The van der Waals surface area contributed by atoms with Gasteiger partial charge < -0.3 is 10.1 Å². The average molecular weight is 364 g/mol. The van der Waals surface area contributed by atoms with Crippen LogP contribution in [0.1, 0.15) is 5.56 Å². The molecule has 0 unspecified atom stereocenters. The second-order valence-corrected chi connectivity index (χ2v) is 5.37. The summed E-state index contributed by atoms with van der Waals surface area (Å²) in [5.74, 6) is -0.950. The Morgan fingerprint density at radius 3 is 2.70 bits per heavy atom. The van der Waals surface area contributed by atoms with Crippen LogP contribution < -0.4 is 15.6 Å². The number of ether oxygens (including phenoxy) is 1. The van der Waals surface area contributed by atoms with Gasteiger partial charge in [-0.2, -0.15) is 10.2 Å². The van der Waals surface area contributed by atoms with Gasteiger partial charge in [-0.1, -0.05) is 6.07 Å². The molecule has 0 radical (unpaired) electrons. The molecule has 0 aliphatic carbocycles. The smallest absolute Gasteiger partial charge is 0.269 e. The van der Waals surface area contributed by atoms with Crippen molar-refractivity contribution in [3.63, 3.8) is 0 Å². The summed E-state index contributed by atoms with van der Waals surface area (Å²) in [5, 5.41) is 11.5. The number of rotatable bonds is 4. The van der Waals surface area contributed by atoms with E-state index in [1.165, 1.54) is 41.9 Å². The van der Waals surface area contributed by atoms with Gasteiger partial charge in [-0.15, -0.1) is 0 Å². The van der Waals surface area contributed by atoms with Crippen LogP contribution >= 0.6 is 0 Å². The van der Waals surface area contributed by atoms with Crippen molar-refractivity contribution in [2.75, 3.05) is 7.05 Å². The second kappa shape index (κ2) is 7.49. The molecule has 2 heterocycles. The summed E-state index contributed by atoms with van der Waals surface area (Å²) in [6.07, 6.45) is 2.63. The second-order valence-electron chi connectivity index (χ2n) is 5.37. The highest BCUT2D eigenvalue weighted by Gasteiger charge is 2.16. The number of benzene rings is 1. The van der Waals surface area contributed by atoms with E-state index in [-0.39, 0.29) is 22.8 Å². The number of amides is 1. The minimum absolute atomic E-state index is 0.0804. The largest absolute Gasteiger partial charge is 0.438 e. The quantitative estimate of drug-likeness (QED) is 0.566. The molecule has 7 nitrogen and oxygen atoms in total. The van der Waals surface area contributed by atoms with Gasteiger partial charge in [-0.05, 0) is 42.5 Å². The highest BCUT2D eigenvalue weighted by atomic mass is 19.1. The first-order chi connectivity index (χ1) is 13.0. The number of nitriles is 1. The van der Waals surface area contributed by atoms with E-state index in [0.717, 1.165) is 6.08 Å². The maximum atomic E-state index is 13.1. The summed E-state index contributed by atoms with van der Waals surface area (Å²) in [5.41, 5.74) is -0.566. The number of carbonyl (C=O) groups excluding carboxylic acids is 1. The Bertz CT molecular complexity index is 1140. The molecule has 0 saturated heterocycles. The zero-order valence-electron chi connectivity index (χ0n) is 14.1. The topological polar surface area (TPSA) is 96.5 Å². The normalized spacial score (nSPS) is 11.1. The molecule has 0 aliphatic rings. The van der Waals surface area contributed by atoms with Crippen molar-refractivity contribution in [3.8, 4) is 17.7 Å². The third-order valence-electron chi connectivity index (χ3n) is 3.64. The molecule has 3 rings (SSSR count). The minimum atomic E-state index is -0.650. The molecule has 1 N–H and O–H groups in total. The highest BCUT2D eigenvalue weighted by molar-refractivity contribution is 6.01. The standard InChI is InChI=1S/C19H13FN4O3/c1-22-17(25)12(11-21)10-15-18(27-14-7-5-13(20)6-8-14)23-16-4-2-3-9-24(16)19(15)26/h2-10H,1H3,(H,22,25)/b12-10+. The van der Waals surface area contributed by atoms with Gasteiger partial charge in [-0.25, -0.2) is 4.39 Å². The van der Waals surface area contributed by atoms with Crippen LogP contribution in [0.15, 0.2) is 59.0 Å². The van der Waals surface area contributed by atoms with E-state index in [9.17, 15) is 19.2 Å². The van der Waals surface area contributed by atoms with Crippen LogP contribution in [0.3, 0.4) is 0 Å². The van der Waals surface area contributed by atoms with Gasteiger partial charge in [-0.3, -0.25) is 14.0 Å². The molecule has 0 fully saturated rings. The lowest BCUT2D eigenvalue weighted by molar-refractivity contribution is -0.116. The van der Waals surface area contributed by atoms with Crippen LogP contribution in [0.25, 0.3) is 11.7 Å². The van der Waals surface area contributed by atoms with Crippen molar-refractivity contribution < 1.29 is 13.9 Å². The van der Waals surface area contributed by atoms with E-state index in [1.807, 2.05) is 0 Å². The van der Waals surface area contributed by atoms with Crippen molar-refractivity contribution in [1.29, 1.82) is 5.26 Å². The van der Waals surface area contributed by atoms with Crippen molar-refractivity contribution in [1.82, 2.24) is 14.7 Å². The maximum absolute atomic E-state index is 13.1. The molecule has 1 amide bonds. The predicted molar refractivity (Wildman–Crippen MR) is 95.6 cm³/mol. The van der Waals surface area contributed by atoms with Gasteiger partial charge in [0.1, 0.15) is 34.4 Å². The van der Waals surface area contributed by atoms with Crippen LogP contribution in [0.4, 0.5) is 4.39 Å². The molecule has 8 heteroatoms. The van der Waals surface area contributed by atoms with Crippen LogP contribution in [0.5, 0.6) is 11.6 Å². The minimum Gasteiger partial charge on any atom is -0.438 e. The molecular formula is C19H13FN4O3. The van der Waals surface area contributed by atoms with Crippen molar-refractivity contribution in [2.45, 2.75) is 0 Å². The fourth-order valence-corrected chi connectivity index (χ4v) is 2.33. The fraction of sp³-hybridized carbons (Fsp3) is 0.0526. The lowest BCUT2D eigenvalue weighted by Crippen LogP contribution is -2.22. The Hall–Kier alpha value is -3.99. The van der Waals surface area contributed by atoms with E-state index in [2.05, 4.69) is 10.3 Å². The number of nitrogens with one attached hydrogen (secondary N) is 1. The first kappa shape index (κ1) is 17.8. The number of aromatic nitrogens is 2. The molecule has 27 heavy (non-hydrogen) atoms. The van der Waals surface area contributed by atoms with Crippen LogP contribution in [0.2, 0.25) is 0 Å². The van der Waals surface area contributed by atoms with E-state index >= 15 is 0 Å². The number of pyridine rings is 1. The van der Waals surface area contributed by atoms with E-state index < -0.39 is 17.3 Å². The van der Waals surface area contributed by atoms with Crippen molar-refractivity contribution >= 4 is 17.6 Å². The summed E-state index contributed by atoms with van der Waals surface area (Å²) in [4.78, 5) is 29.0. The lowest BCUT2D eigenvalue weighted by Gasteiger charge is -2.10. The summed E-state index contributed by atoms with van der Waals surface area (Å²) < 4.78 is 20.0. The van der Waals surface area contributed by atoms with E-state index in [0.29, 0.717) is 5.65 Å². The summed E-state index contributed by atoms with van der Waals surface area (Å²) >= 11 is 0. The molecule has 2 aromatic heterocycles. The van der Waals surface area contributed by atoms with E-state index in [4.69, 9.17) is 4.74 Å². The molecule has 0 spiro atoms. The Kier molecular flexibility index (Phi) is 4.95. The Morgan fingerprint density at radius 2 is 2.04 bits per heavy atom. The predicted octanol–water partition coefficient (Wildman–Crippen LogP) is 2.28. The first-order valence-corrected chi connectivity index (χ1v) is 7.82. The average Bonchev–Trinajstić information content (AvgIpc) is 2.69. The van der Waals surface area contributed by atoms with Gasteiger partial charge >= 0.3 is 0 Å². The zero-order chi connectivity index (χ0) is 19.4. The number of fused-ring (bicyclic) bond motifs is 1. The number of halogens is 1. The fourth-order valence-electron chi connectivity index (χ4n) is 2.33. The van der Waals surface area contributed by atoms with Crippen LogP contribution in [-0.2, 0) is 4.79 Å². The Balaban J connectivity index is 2.22. The lowest BCUT2D eigenvalue weighted by atomic mass is 10.1. The number of nitrogens with zero attached hydrogens (tertiary/aromatic N) is 3. The third kappa shape index (κ3) is 3.67. The van der Waals surface area contributed by atoms with Crippen LogP contribution in [0, 0.1) is 17.1 Å². The highest BCUT2D eigenvalue weighted by Crippen LogP contribution is 2.24. The third-order valence-corrected chi connectivity index (χ3v) is 3.64. The van der Waals surface area contributed by atoms with Gasteiger partial charge in [0.05, 0.1) is 0 Å². The van der Waals surface area contributed by atoms with Gasteiger partial charge in [0.25, 0.3) is 11.5 Å². The molecule has 0 aliphatic heterocycles. The van der Waals surface area contributed by atoms with Gasteiger partial charge in [0.2, 0.25) is 5.88 Å². The van der Waals surface area contributed by atoms with Crippen LogP contribution in [-0.4, -0.2) is 22.3 Å². The summed E-state index contributed by atoms with van der Waals surface area (Å²) in [6.45, 7) is 0. The van der Waals surface area contributed by atoms with Gasteiger partial charge in [0, 0.05) is 13.2 Å². The molecule has 0 bridgehead atoms. The molecule has 3 aromatic rings. The molecule has 0 atom stereocenters. The monoisotopic (exact) mass is 364 g/mol. The number of hydrogen-bond donors (Lipinski definition) is 1. The Labute approximate surface area is 153 Å².